The van der Waals surface area contributed by atoms with Gasteiger partial charge in [0.15, 0.2) is 6.61 Å². The predicted octanol–water partition coefficient (Wildman–Crippen LogP) is 2.60. The Morgan fingerprint density at radius 3 is 2.47 bits per heavy atom. The van der Waals surface area contributed by atoms with Gasteiger partial charge in [0.1, 0.15) is 6.54 Å². The van der Waals surface area contributed by atoms with E-state index >= 15 is 0 Å². The average molecular weight is 282 g/mol. The van der Waals surface area contributed by atoms with E-state index in [1.165, 1.54) is 0 Å². The van der Waals surface area contributed by atoms with Gasteiger partial charge in [-0.25, -0.2) is 4.79 Å². The highest BCUT2D eigenvalue weighted by atomic mass is 35.5. The maximum Gasteiger partial charge on any atom is 0.412 e. The van der Waals surface area contributed by atoms with Crippen LogP contribution >= 0.6 is 11.6 Å². The molecule has 0 aliphatic carbocycles. The number of carbonyl (C=O) groups excluding carboxylic acids is 1. The third-order valence-corrected chi connectivity index (χ3v) is 2.30. The monoisotopic (exact) mass is 281 g/mol. The van der Waals surface area contributed by atoms with Crippen LogP contribution in [0.4, 0.5) is 10.5 Å². The van der Waals surface area contributed by atoms with Crippen molar-refractivity contribution in [2.75, 3.05) is 39.6 Å². The summed E-state index contributed by atoms with van der Waals surface area (Å²) in [4.78, 5) is 11.4. The number of hydrogen-bond donors (Lipinski definition) is 1. The number of ether oxygens (including phenoxy) is 1. The van der Waals surface area contributed by atoms with Gasteiger partial charge in [-0.05, 0) is 30.2 Å². The Morgan fingerprint density at radius 2 is 1.89 bits per heavy atom. The zero-order chi connectivity index (χ0) is 14.3. The maximum absolute atomic E-state index is 11.4. The summed E-state index contributed by atoms with van der Waals surface area (Å²) in [5.41, 5.74) is 0.633. The normalized spacial score (nSPS) is 10.3. The van der Waals surface area contributed by atoms with Gasteiger partial charge in [0.2, 0.25) is 0 Å². The second-order valence-corrected chi connectivity index (χ2v) is 5.45. The summed E-state index contributed by atoms with van der Waals surface area (Å²) < 4.78 is 5.68. The molecule has 1 amide bonds. The molecule has 1 rings (SSSR count). The van der Waals surface area contributed by atoms with Crippen molar-refractivity contribution in [3.63, 3.8) is 0 Å². The van der Waals surface area contributed by atoms with E-state index in [0.29, 0.717) is 17.3 Å². The molecule has 0 radical (unpaired) electrons. The van der Waals surface area contributed by atoms with Crippen molar-refractivity contribution in [1.29, 1.82) is 0 Å². The van der Waals surface area contributed by atoms with Crippen LogP contribution in [0.1, 0.15) is 0 Å². The number of nitrogens with one attached hydrogen (secondary N) is 1. The quantitative estimate of drug-likeness (QED) is 0.683. The molecule has 0 heterocycles. The Balaban J connectivity index is 2.30. The number of rotatable bonds is 3. The molecule has 0 bridgehead atoms. The molecule has 1 aromatic rings. The van der Waals surface area contributed by atoms with Gasteiger partial charge in [-0.2, -0.15) is 0 Å². The van der Waals surface area contributed by atoms with Gasteiger partial charge in [0.05, 0.1) is 21.1 Å². The van der Waals surface area contributed by atoms with Gasteiger partial charge in [-0.1, -0.05) is 17.5 Å². The number of halogens is 1. The van der Waals surface area contributed by atoms with Crippen molar-refractivity contribution in [1.82, 2.24) is 0 Å². The van der Waals surface area contributed by atoms with Crippen LogP contribution in [0.2, 0.25) is 5.02 Å². The molecule has 5 heteroatoms. The van der Waals surface area contributed by atoms with Gasteiger partial charge in [-0.3, -0.25) is 5.32 Å². The molecule has 0 unspecified atom stereocenters. The van der Waals surface area contributed by atoms with E-state index in [0.717, 1.165) is 4.48 Å². The van der Waals surface area contributed by atoms with E-state index in [-0.39, 0.29) is 6.61 Å². The summed E-state index contributed by atoms with van der Waals surface area (Å²) in [6, 6.07) is 6.79. The van der Waals surface area contributed by atoms with Crippen molar-refractivity contribution >= 4 is 23.4 Å². The molecule has 0 spiro atoms. The van der Waals surface area contributed by atoms with E-state index in [4.69, 9.17) is 16.3 Å². The number of hydrogen-bond acceptors (Lipinski definition) is 2. The van der Waals surface area contributed by atoms with E-state index < -0.39 is 6.09 Å². The number of benzene rings is 1. The van der Waals surface area contributed by atoms with Crippen molar-refractivity contribution in [2.45, 2.75) is 0 Å². The Morgan fingerprint density at radius 1 is 1.26 bits per heavy atom. The molecule has 0 saturated heterocycles. The second-order valence-electron chi connectivity index (χ2n) is 5.01. The highest BCUT2D eigenvalue weighted by Gasteiger charge is 2.03. The molecule has 0 fully saturated rings. The van der Waals surface area contributed by atoms with Crippen LogP contribution in [0.3, 0.4) is 0 Å². The molecule has 0 atom stereocenters. The highest BCUT2D eigenvalue weighted by Crippen LogP contribution is 2.13. The fourth-order valence-corrected chi connectivity index (χ4v) is 1.26. The summed E-state index contributed by atoms with van der Waals surface area (Å²) in [6.45, 7) is 0.793. The molecular weight excluding hydrogens is 264 g/mol. The van der Waals surface area contributed by atoms with Crippen LogP contribution in [-0.4, -0.2) is 44.9 Å². The van der Waals surface area contributed by atoms with E-state index in [9.17, 15) is 4.79 Å². The summed E-state index contributed by atoms with van der Waals surface area (Å²) in [5.74, 6) is 5.75. The molecule has 0 aromatic heterocycles. The minimum Gasteiger partial charge on any atom is -0.436 e. The Kier molecular flexibility index (Phi) is 5.68. The van der Waals surface area contributed by atoms with Gasteiger partial charge in [-0.15, -0.1) is 0 Å². The number of carbonyl (C=O) groups is 1. The molecule has 0 aliphatic heterocycles. The minimum absolute atomic E-state index is 0.0828. The van der Waals surface area contributed by atoms with Crippen LogP contribution in [0, 0.1) is 11.8 Å². The Labute approximate surface area is 118 Å². The lowest BCUT2D eigenvalue weighted by Gasteiger charge is -2.19. The Hall–Kier alpha value is -1.70. The number of anilines is 1. The average Bonchev–Trinajstić information content (AvgIpc) is 2.30. The van der Waals surface area contributed by atoms with Gasteiger partial charge in [0, 0.05) is 10.7 Å². The summed E-state index contributed by atoms with van der Waals surface area (Å²) in [5, 5.41) is 3.20. The first kappa shape index (κ1) is 15.4. The van der Waals surface area contributed by atoms with Gasteiger partial charge >= 0.3 is 6.09 Å². The smallest absolute Gasteiger partial charge is 0.412 e. The maximum atomic E-state index is 11.4. The zero-order valence-corrected chi connectivity index (χ0v) is 12.1. The van der Waals surface area contributed by atoms with Crippen molar-refractivity contribution in [3.8, 4) is 11.8 Å². The first-order valence-electron chi connectivity index (χ1n) is 5.82. The minimum atomic E-state index is -0.526. The van der Waals surface area contributed by atoms with Gasteiger partial charge < -0.3 is 9.22 Å². The molecule has 4 nitrogen and oxygen atoms in total. The van der Waals surface area contributed by atoms with Crippen molar-refractivity contribution < 1.29 is 14.0 Å². The zero-order valence-electron chi connectivity index (χ0n) is 11.4. The van der Waals surface area contributed by atoms with E-state index in [1.54, 1.807) is 24.3 Å². The molecular formula is C14H18ClN2O2+. The van der Waals surface area contributed by atoms with Crippen molar-refractivity contribution in [3.05, 3.63) is 29.3 Å². The fourth-order valence-electron chi connectivity index (χ4n) is 1.13. The number of amides is 1. The lowest BCUT2D eigenvalue weighted by Crippen LogP contribution is -2.34. The molecule has 0 aliphatic rings. The summed E-state index contributed by atoms with van der Waals surface area (Å²) in [7, 11) is 6.13. The summed E-state index contributed by atoms with van der Waals surface area (Å²) in [6.07, 6.45) is -0.526. The standard InChI is InChI=1S/C14H17ClN2O2/c1-17(2,3)10-4-5-11-19-14(18)16-13-8-6-12(15)7-9-13/h6-9H,10-11H2,1-3H3/p+1. The van der Waals surface area contributed by atoms with Crippen molar-refractivity contribution in [2.24, 2.45) is 0 Å². The fraction of sp³-hybridized carbons (Fsp3) is 0.357. The van der Waals surface area contributed by atoms with Crippen LogP contribution in [-0.2, 0) is 4.74 Å². The van der Waals surface area contributed by atoms with E-state index in [2.05, 4.69) is 17.2 Å². The predicted molar refractivity (Wildman–Crippen MR) is 77.1 cm³/mol. The van der Waals surface area contributed by atoms with Crippen LogP contribution in [0.25, 0.3) is 0 Å². The van der Waals surface area contributed by atoms with Crippen LogP contribution in [0.5, 0.6) is 0 Å². The topological polar surface area (TPSA) is 38.3 Å². The molecule has 102 valence electrons. The van der Waals surface area contributed by atoms with Crippen LogP contribution < -0.4 is 5.32 Å². The molecule has 1 N–H and O–H groups in total. The third-order valence-electron chi connectivity index (χ3n) is 2.04. The second kappa shape index (κ2) is 7.03. The third kappa shape index (κ3) is 7.35. The lowest BCUT2D eigenvalue weighted by molar-refractivity contribution is -0.862. The largest absolute Gasteiger partial charge is 0.436 e. The number of quaternary nitrogens is 1. The molecule has 0 saturated carbocycles. The molecule has 1 aromatic carbocycles. The van der Waals surface area contributed by atoms with Gasteiger partial charge in [0.25, 0.3) is 0 Å². The Bertz CT molecular complexity index is 481. The highest BCUT2D eigenvalue weighted by molar-refractivity contribution is 6.30. The first-order valence-corrected chi connectivity index (χ1v) is 6.20. The molecule has 19 heavy (non-hydrogen) atoms. The summed E-state index contributed by atoms with van der Waals surface area (Å²) >= 11 is 5.74. The SMILES string of the molecule is C[N+](C)(C)CC#CCOC(=O)Nc1ccc(Cl)cc1. The lowest BCUT2D eigenvalue weighted by atomic mass is 10.3. The van der Waals surface area contributed by atoms with E-state index in [1.807, 2.05) is 21.1 Å². The van der Waals surface area contributed by atoms with Crippen LogP contribution in [0.15, 0.2) is 24.3 Å². The number of nitrogens with zero attached hydrogens (tertiary/aromatic N) is 1. The first-order chi connectivity index (χ1) is 8.87.